The molecule has 3 heterocycles. The molecular formula is C20H18ClN5O2. The summed E-state index contributed by atoms with van der Waals surface area (Å²) in [4.78, 5) is 15.1. The van der Waals surface area contributed by atoms with Crippen molar-refractivity contribution in [2.75, 3.05) is 7.05 Å². The van der Waals surface area contributed by atoms with E-state index in [1.165, 1.54) is 0 Å². The highest BCUT2D eigenvalue weighted by Crippen LogP contribution is 2.25. The van der Waals surface area contributed by atoms with Crippen LogP contribution in [-0.2, 0) is 13.1 Å². The highest BCUT2D eigenvalue weighted by atomic mass is 35.5. The lowest BCUT2D eigenvalue weighted by Gasteiger charge is -2.12. The summed E-state index contributed by atoms with van der Waals surface area (Å²) < 4.78 is 11.2. The fraction of sp³-hybridized carbons (Fsp3) is 0.200. The van der Waals surface area contributed by atoms with E-state index in [-0.39, 0.29) is 0 Å². The van der Waals surface area contributed by atoms with Crippen LogP contribution in [-0.4, -0.2) is 32.1 Å². The van der Waals surface area contributed by atoms with Crippen molar-refractivity contribution in [3.63, 3.8) is 0 Å². The molecule has 0 aliphatic carbocycles. The van der Waals surface area contributed by atoms with Crippen molar-refractivity contribution < 1.29 is 8.94 Å². The van der Waals surface area contributed by atoms with Crippen LogP contribution in [0, 0.1) is 6.92 Å². The topological polar surface area (TPSA) is 81.1 Å². The van der Waals surface area contributed by atoms with Gasteiger partial charge in [-0.2, -0.15) is 4.98 Å². The van der Waals surface area contributed by atoms with Crippen molar-refractivity contribution >= 4 is 11.6 Å². The van der Waals surface area contributed by atoms with Gasteiger partial charge in [0, 0.05) is 35.1 Å². The predicted octanol–water partition coefficient (Wildman–Crippen LogP) is 4.38. The van der Waals surface area contributed by atoms with E-state index in [9.17, 15) is 0 Å². The van der Waals surface area contributed by atoms with Crippen molar-refractivity contribution in [3.05, 3.63) is 71.2 Å². The summed E-state index contributed by atoms with van der Waals surface area (Å²) in [6.07, 6.45) is 3.41. The number of aryl methyl sites for hydroxylation is 1. The summed E-state index contributed by atoms with van der Waals surface area (Å²) in [5, 5.41) is 4.66. The second-order valence-electron chi connectivity index (χ2n) is 6.46. The van der Waals surface area contributed by atoms with E-state index >= 15 is 0 Å². The summed E-state index contributed by atoms with van der Waals surface area (Å²) >= 11 is 6.06. The standard InChI is InChI=1S/C20H18ClN5O2/c1-13-17(23-20(27-13)14-5-3-7-16(21)9-14)11-26(2)12-18-24-19(25-28-18)15-6-4-8-22-10-15/h3-10H,11-12H2,1-2H3. The molecular weight excluding hydrogens is 378 g/mol. The third kappa shape index (κ3) is 4.11. The zero-order valence-electron chi connectivity index (χ0n) is 15.5. The number of halogens is 1. The molecule has 0 bridgehead atoms. The molecule has 0 unspecified atom stereocenters. The average molecular weight is 396 g/mol. The molecule has 0 saturated carbocycles. The van der Waals surface area contributed by atoms with Gasteiger partial charge in [0.25, 0.3) is 0 Å². The van der Waals surface area contributed by atoms with Gasteiger partial charge in [-0.05, 0) is 44.3 Å². The number of hydrogen-bond donors (Lipinski definition) is 0. The SMILES string of the molecule is Cc1oc(-c2cccc(Cl)c2)nc1CN(C)Cc1nc(-c2cccnc2)no1. The Morgan fingerprint density at radius 3 is 2.71 bits per heavy atom. The van der Waals surface area contributed by atoms with Gasteiger partial charge in [0.2, 0.25) is 17.6 Å². The lowest BCUT2D eigenvalue weighted by Crippen LogP contribution is -2.18. The van der Waals surface area contributed by atoms with Crippen LogP contribution in [0.15, 0.2) is 57.7 Å². The van der Waals surface area contributed by atoms with E-state index in [0.717, 1.165) is 22.6 Å². The van der Waals surface area contributed by atoms with Gasteiger partial charge in [-0.25, -0.2) is 4.98 Å². The van der Waals surface area contributed by atoms with Crippen LogP contribution in [0.25, 0.3) is 22.8 Å². The normalized spacial score (nSPS) is 11.3. The Bertz CT molecular complexity index is 1080. The van der Waals surface area contributed by atoms with E-state index in [4.69, 9.17) is 20.5 Å². The molecule has 0 atom stereocenters. The molecule has 4 rings (SSSR count). The van der Waals surface area contributed by atoms with Crippen LogP contribution in [0.1, 0.15) is 17.3 Å². The first-order valence-corrected chi connectivity index (χ1v) is 9.10. The second kappa shape index (κ2) is 7.92. The van der Waals surface area contributed by atoms with Crippen molar-refractivity contribution in [2.24, 2.45) is 0 Å². The first-order valence-electron chi connectivity index (χ1n) is 8.72. The van der Waals surface area contributed by atoms with Gasteiger partial charge >= 0.3 is 0 Å². The number of rotatable bonds is 6. The van der Waals surface area contributed by atoms with Crippen molar-refractivity contribution in [1.82, 2.24) is 25.0 Å². The number of aromatic nitrogens is 4. The smallest absolute Gasteiger partial charge is 0.241 e. The summed E-state index contributed by atoms with van der Waals surface area (Å²) in [6.45, 7) is 2.98. The van der Waals surface area contributed by atoms with Crippen LogP contribution in [0.2, 0.25) is 5.02 Å². The summed E-state index contributed by atoms with van der Waals surface area (Å²) in [7, 11) is 1.96. The lowest BCUT2D eigenvalue weighted by molar-refractivity contribution is 0.258. The Hall–Kier alpha value is -3.03. The summed E-state index contributed by atoms with van der Waals surface area (Å²) in [5.41, 5.74) is 2.52. The van der Waals surface area contributed by atoms with E-state index < -0.39 is 0 Å². The molecule has 0 amide bonds. The molecule has 0 radical (unpaired) electrons. The Morgan fingerprint density at radius 2 is 1.93 bits per heavy atom. The van der Waals surface area contributed by atoms with Crippen LogP contribution >= 0.6 is 11.6 Å². The van der Waals surface area contributed by atoms with Crippen LogP contribution in [0.4, 0.5) is 0 Å². The first kappa shape index (κ1) is 18.3. The summed E-state index contributed by atoms with van der Waals surface area (Å²) in [5.74, 6) is 2.37. The highest BCUT2D eigenvalue weighted by Gasteiger charge is 2.16. The van der Waals surface area contributed by atoms with Crippen LogP contribution < -0.4 is 0 Å². The zero-order valence-corrected chi connectivity index (χ0v) is 16.2. The number of hydrogen-bond acceptors (Lipinski definition) is 7. The van der Waals surface area contributed by atoms with Gasteiger partial charge in [0.1, 0.15) is 5.76 Å². The fourth-order valence-electron chi connectivity index (χ4n) is 2.79. The molecule has 0 aliphatic rings. The molecule has 0 aliphatic heterocycles. The first-order chi connectivity index (χ1) is 13.6. The maximum absolute atomic E-state index is 6.06. The molecule has 0 fully saturated rings. The monoisotopic (exact) mass is 395 g/mol. The van der Waals surface area contributed by atoms with E-state index in [1.54, 1.807) is 12.4 Å². The fourth-order valence-corrected chi connectivity index (χ4v) is 2.98. The molecule has 3 aromatic heterocycles. The number of benzene rings is 1. The molecule has 1 aromatic carbocycles. The third-order valence-corrected chi connectivity index (χ3v) is 4.41. The van der Waals surface area contributed by atoms with Gasteiger partial charge < -0.3 is 8.94 Å². The van der Waals surface area contributed by atoms with Gasteiger partial charge in [-0.15, -0.1) is 0 Å². The molecule has 4 aromatic rings. The Balaban J connectivity index is 1.44. The predicted molar refractivity (Wildman–Crippen MR) is 104 cm³/mol. The van der Waals surface area contributed by atoms with Crippen LogP contribution in [0.3, 0.4) is 0 Å². The molecule has 0 saturated heterocycles. The molecule has 0 spiro atoms. The van der Waals surface area contributed by atoms with Gasteiger partial charge in [0.15, 0.2) is 0 Å². The number of oxazole rings is 1. The molecule has 0 N–H and O–H groups in total. The third-order valence-electron chi connectivity index (χ3n) is 4.18. The van der Waals surface area contributed by atoms with Gasteiger partial charge in [-0.1, -0.05) is 22.8 Å². The second-order valence-corrected chi connectivity index (χ2v) is 6.89. The van der Waals surface area contributed by atoms with E-state index in [2.05, 4.69) is 20.1 Å². The Kier molecular flexibility index (Phi) is 5.18. The number of pyridine rings is 1. The minimum absolute atomic E-state index is 0.492. The lowest BCUT2D eigenvalue weighted by atomic mass is 10.2. The largest absolute Gasteiger partial charge is 0.441 e. The average Bonchev–Trinajstić information content (AvgIpc) is 3.30. The van der Waals surface area contributed by atoms with E-state index in [0.29, 0.717) is 35.7 Å². The van der Waals surface area contributed by atoms with E-state index in [1.807, 2.05) is 55.3 Å². The maximum Gasteiger partial charge on any atom is 0.241 e. The molecule has 7 nitrogen and oxygen atoms in total. The highest BCUT2D eigenvalue weighted by molar-refractivity contribution is 6.30. The van der Waals surface area contributed by atoms with Crippen molar-refractivity contribution in [3.8, 4) is 22.8 Å². The molecule has 8 heteroatoms. The zero-order chi connectivity index (χ0) is 19.5. The van der Waals surface area contributed by atoms with Gasteiger partial charge in [0.05, 0.1) is 12.2 Å². The quantitative estimate of drug-likeness (QED) is 0.479. The Morgan fingerprint density at radius 1 is 1.07 bits per heavy atom. The minimum Gasteiger partial charge on any atom is -0.441 e. The maximum atomic E-state index is 6.06. The molecule has 28 heavy (non-hydrogen) atoms. The van der Waals surface area contributed by atoms with Crippen LogP contribution in [0.5, 0.6) is 0 Å². The van der Waals surface area contributed by atoms with Gasteiger partial charge in [-0.3, -0.25) is 9.88 Å². The summed E-state index contributed by atoms with van der Waals surface area (Å²) in [6, 6.07) is 11.2. The minimum atomic E-state index is 0.492. The van der Waals surface area contributed by atoms with Crippen molar-refractivity contribution in [1.29, 1.82) is 0 Å². The Labute approximate surface area is 167 Å². The molecule has 142 valence electrons. The van der Waals surface area contributed by atoms with Crippen molar-refractivity contribution in [2.45, 2.75) is 20.0 Å². The number of nitrogens with zero attached hydrogens (tertiary/aromatic N) is 5.